The van der Waals surface area contributed by atoms with Gasteiger partial charge in [0.2, 0.25) is 0 Å². The van der Waals surface area contributed by atoms with E-state index in [-0.39, 0.29) is 6.61 Å². The Morgan fingerprint density at radius 1 is 1.55 bits per heavy atom. The maximum absolute atomic E-state index is 7.75. The van der Waals surface area contributed by atoms with E-state index < -0.39 is 0 Å². The van der Waals surface area contributed by atoms with E-state index in [0.717, 1.165) is 5.69 Å². The van der Waals surface area contributed by atoms with E-state index >= 15 is 0 Å². The highest BCUT2D eigenvalue weighted by Gasteiger charge is 1.73. The minimum atomic E-state index is 0.0972. The molecule has 0 radical (unpaired) electrons. The number of aryl methyl sites for hydroxylation is 1. The maximum atomic E-state index is 7.75. The predicted octanol–water partition coefficient (Wildman–Crippen LogP) is 0.327. The Balaban J connectivity index is 0.000000218. The molecular weight excluding hydrogens is 140 g/mol. The fourth-order valence-corrected chi connectivity index (χ4v) is 0.448. The van der Waals surface area contributed by atoms with Crippen LogP contribution in [0.1, 0.15) is 5.69 Å². The molecule has 0 spiro atoms. The largest absolute Gasteiger partial charge is 0.395 e. The van der Waals surface area contributed by atoms with Crippen LogP contribution >= 0.6 is 0 Å². The quantitative estimate of drug-likeness (QED) is 0.612. The van der Waals surface area contributed by atoms with Gasteiger partial charge in [0.05, 0.1) is 6.61 Å². The van der Waals surface area contributed by atoms with Gasteiger partial charge in [-0.05, 0) is 19.1 Å². The zero-order valence-corrected chi connectivity index (χ0v) is 6.70. The van der Waals surface area contributed by atoms with Crippen molar-refractivity contribution in [1.29, 1.82) is 0 Å². The molecule has 62 valence electrons. The first-order valence-corrected chi connectivity index (χ1v) is 3.49. The Hall–Kier alpha value is -0.930. The van der Waals surface area contributed by atoms with Gasteiger partial charge in [-0.1, -0.05) is 6.07 Å². The Bertz CT molecular complexity index is 163. The molecule has 3 nitrogen and oxygen atoms in total. The van der Waals surface area contributed by atoms with Crippen LogP contribution in [-0.2, 0) is 0 Å². The van der Waals surface area contributed by atoms with Crippen LogP contribution in [0.4, 0.5) is 0 Å². The number of aromatic nitrogens is 1. The number of aliphatic hydroxyl groups excluding tert-OH is 1. The van der Waals surface area contributed by atoms with Crippen molar-refractivity contribution in [3.8, 4) is 0 Å². The number of hydrogen-bond donors (Lipinski definition) is 2. The van der Waals surface area contributed by atoms with Gasteiger partial charge < -0.3 is 10.8 Å². The minimum absolute atomic E-state index is 0.0972. The molecule has 0 atom stereocenters. The molecule has 3 N–H and O–H groups in total. The zero-order valence-electron chi connectivity index (χ0n) is 6.70. The molecule has 1 aromatic heterocycles. The Kier molecular flexibility index (Phi) is 6.57. The van der Waals surface area contributed by atoms with Crippen molar-refractivity contribution >= 4 is 0 Å². The number of nitrogens with two attached hydrogens (primary N) is 1. The summed E-state index contributed by atoms with van der Waals surface area (Å²) in [6, 6.07) is 5.86. The lowest BCUT2D eigenvalue weighted by molar-refractivity contribution is 0.306. The molecule has 0 saturated carbocycles. The van der Waals surface area contributed by atoms with Crippen LogP contribution in [0.15, 0.2) is 24.4 Å². The maximum Gasteiger partial charge on any atom is 0.0553 e. The molecule has 0 fully saturated rings. The van der Waals surface area contributed by atoms with E-state index in [0.29, 0.717) is 6.54 Å². The van der Waals surface area contributed by atoms with Crippen molar-refractivity contribution in [2.24, 2.45) is 5.73 Å². The molecule has 0 aliphatic carbocycles. The fraction of sp³-hybridized carbons (Fsp3) is 0.375. The molecule has 11 heavy (non-hydrogen) atoms. The molecule has 0 aromatic carbocycles. The Morgan fingerprint density at radius 3 is 2.36 bits per heavy atom. The summed E-state index contributed by atoms with van der Waals surface area (Å²) in [5, 5.41) is 7.75. The zero-order chi connectivity index (χ0) is 8.53. The Labute approximate surface area is 66.9 Å². The van der Waals surface area contributed by atoms with Crippen molar-refractivity contribution in [3.05, 3.63) is 30.1 Å². The third-order valence-corrected chi connectivity index (χ3v) is 0.942. The van der Waals surface area contributed by atoms with Crippen LogP contribution in [0.3, 0.4) is 0 Å². The van der Waals surface area contributed by atoms with Crippen LogP contribution in [0.25, 0.3) is 0 Å². The fourth-order valence-electron chi connectivity index (χ4n) is 0.448. The summed E-state index contributed by atoms with van der Waals surface area (Å²) in [5.41, 5.74) is 5.85. The second-order valence-corrected chi connectivity index (χ2v) is 1.98. The molecule has 1 aromatic rings. The number of aliphatic hydroxyl groups is 1. The summed E-state index contributed by atoms with van der Waals surface area (Å²) >= 11 is 0. The number of nitrogens with zero attached hydrogens (tertiary/aromatic N) is 1. The van der Waals surface area contributed by atoms with E-state index in [1.54, 1.807) is 6.20 Å². The molecule has 1 rings (SSSR count). The molecule has 0 amide bonds. The molecule has 3 heteroatoms. The van der Waals surface area contributed by atoms with Gasteiger partial charge in [0, 0.05) is 18.4 Å². The van der Waals surface area contributed by atoms with Crippen molar-refractivity contribution in [3.63, 3.8) is 0 Å². The van der Waals surface area contributed by atoms with Gasteiger partial charge in [-0.25, -0.2) is 0 Å². The van der Waals surface area contributed by atoms with E-state index in [2.05, 4.69) is 4.98 Å². The first-order chi connectivity index (χ1) is 5.31. The number of hydrogen-bond acceptors (Lipinski definition) is 3. The van der Waals surface area contributed by atoms with E-state index in [4.69, 9.17) is 10.8 Å². The van der Waals surface area contributed by atoms with Crippen LogP contribution in [0, 0.1) is 6.92 Å². The standard InChI is InChI=1S/C6H7N.C2H7NO/c1-6-4-2-3-5-7-6;3-1-2-4/h2-5H,1H3;4H,1-3H2. The van der Waals surface area contributed by atoms with Gasteiger partial charge in [-0.2, -0.15) is 0 Å². The molecule has 0 saturated heterocycles. The monoisotopic (exact) mass is 154 g/mol. The molecule has 0 aliphatic rings. The van der Waals surface area contributed by atoms with Crippen molar-refractivity contribution in [1.82, 2.24) is 4.98 Å². The topological polar surface area (TPSA) is 59.1 Å². The van der Waals surface area contributed by atoms with Gasteiger partial charge in [-0.3, -0.25) is 4.98 Å². The molecule has 0 aliphatic heterocycles. The van der Waals surface area contributed by atoms with Crippen LogP contribution < -0.4 is 5.73 Å². The molecular formula is C8H14N2O. The van der Waals surface area contributed by atoms with E-state index in [1.807, 2.05) is 25.1 Å². The minimum Gasteiger partial charge on any atom is -0.395 e. The third kappa shape index (κ3) is 6.96. The van der Waals surface area contributed by atoms with Crippen LogP contribution in [0.2, 0.25) is 0 Å². The summed E-state index contributed by atoms with van der Waals surface area (Å²) in [5.74, 6) is 0. The smallest absolute Gasteiger partial charge is 0.0553 e. The lowest BCUT2D eigenvalue weighted by Gasteiger charge is -1.82. The van der Waals surface area contributed by atoms with E-state index in [9.17, 15) is 0 Å². The third-order valence-electron chi connectivity index (χ3n) is 0.942. The van der Waals surface area contributed by atoms with Gasteiger partial charge in [0.25, 0.3) is 0 Å². The lowest BCUT2D eigenvalue weighted by Crippen LogP contribution is -2.02. The number of pyridine rings is 1. The van der Waals surface area contributed by atoms with E-state index in [1.165, 1.54) is 0 Å². The highest BCUT2D eigenvalue weighted by Crippen LogP contribution is 1.85. The lowest BCUT2D eigenvalue weighted by atomic mass is 10.4. The van der Waals surface area contributed by atoms with Crippen molar-refractivity contribution in [2.45, 2.75) is 6.92 Å². The van der Waals surface area contributed by atoms with Gasteiger partial charge in [0.15, 0.2) is 0 Å². The second kappa shape index (κ2) is 7.18. The summed E-state index contributed by atoms with van der Waals surface area (Å²) in [6.07, 6.45) is 1.79. The molecule has 1 heterocycles. The average Bonchev–Trinajstić information content (AvgIpc) is 2.07. The normalized spacial score (nSPS) is 8.27. The number of rotatable bonds is 1. The summed E-state index contributed by atoms with van der Waals surface area (Å²) in [6.45, 7) is 2.44. The summed E-state index contributed by atoms with van der Waals surface area (Å²) in [4.78, 5) is 3.98. The van der Waals surface area contributed by atoms with Crippen LogP contribution in [0.5, 0.6) is 0 Å². The van der Waals surface area contributed by atoms with Gasteiger partial charge in [-0.15, -0.1) is 0 Å². The second-order valence-electron chi connectivity index (χ2n) is 1.98. The van der Waals surface area contributed by atoms with Gasteiger partial charge in [0.1, 0.15) is 0 Å². The highest BCUT2D eigenvalue weighted by atomic mass is 16.3. The van der Waals surface area contributed by atoms with Crippen LogP contribution in [-0.4, -0.2) is 23.2 Å². The SMILES string of the molecule is Cc1ccccn1.NCCO. The van der Waals surface area contributed by atoms with Crippen molar-refractivity contribution in [2.75, 3.05) is 13.2 Å². The van der Waals surface area contributed by atoms with Gasteiger partial charge >= 0.3 is 0 Å². The summed E-state index contributed by atoms with van der Waals surface area (Å²) in [7, 11) is 0. The first-order valence-electron chi connectivity index (χ1n) is 3.49. The Morgan fingerprint density at radius 2 is 2.18 bits per heavy atom. The first kappa shape index (κ1) is 10.1. The predicted molar refractivity (Wildman–Crippen MR) is 45.1 cm³/mol. The average molecular weight is 154 g/mol. The molecule has 0 unspecified atom stereocenters. The summed E-state index contributed by atoms with van der Waals surface area (Å²) < 4.78 is 0. The van der Waals surface area contributed by atoms with Crippen molar-refractivity contribution < 1.29 is 5.11 Å². The molecule has 0 bridgehead atoms. The highest BCUT2D eigenvalue weighted by molar-refractivity contribution is 4.99.